The first-order chi connectivity index (χ1) is 9.41. The Balaban J connectivity index is 2.11. The van der Waals surface area contributed by atoms with E-state index >= 15 is 0 Å². The number of rotatable bonds is 2. The van der Waals surface area contributed by atoms with E-state index in [9.17, 15) is 9.59 Å². The number of amides is 1. The van der Waals surface area contributed by atoms with Crippen molar-refractivity contribution in [3.05, 3.63) is 35.4 Å². The highest BCUT2D eigenvalue weighted by Gasteiger charge is 2.24. The van der Waals surface area contributed by atoms with E-state index in [1.54, 1.807) is 4.90 Å². The zero-order valence-corrected chi connectivity index (χ0v) is 12.6. The summed E-state index contributed by atoms with van der Waals surface area (Å²) in [4.78, 5) is 25.1. The van der Waals surface area contributed by atoms with E-state index in [4.69, 9.17) is 0 Å². The van der Waals surface area contributed by atoms with Crippen molar-refractivity contribution in [2.45, 2.75) is 39.0 Å². The number of benzene rings is 1. The molecule has 0 radical (unpaired) electrons. The molecule has 1 saturated heterocycles. The highest BCUT2D eigenvalue weighted by atomic mass is 16.2. The van der Waals surface area contributed by atoms with Crippen LogP contribution in [0.25, 0.3) is 0 Å². The van der Waals surface area contributed by atoms with E-state index in [0.29, 0.717) is 12.1 Å². The van der Waals surface area contributed by atoms with Crippen molar-refractivity contribution in [1.29, 1.82) is 0 Å². The van der Waals surface area contributed by atoms with Crippen LogP contribution < -0.4 is 0 Å². The van der Waals surface area contributed by atoms with Crippen molar-refractivity contribution >= 4 is 12.2 Å². The summed E-state index contributed by atoms with van der Waals surface area (Å²) in [6, 6.07) is 7.84. The minimum atomic E-state index is 0.00143. The van der Waals surface area contributed by atoms with Gasteiger partial charge in [0.05, 0.1) is 0 Å². The standard InChI is InChI=1S/C17H23NO2/c1-17(2,3)15-8-6-14(7-9-15)16(20)18-10-4-5-13(11-18)12-19/h6-9,12-13H,4-5,10-11H2,1-3H3. The molecule has 1 amide bonds. The lowest BCUT2D eigenvalue weighted by molar-refractivity contribution is -0.112. The highest BCUT2D eigenvalue weighted by molar-refractivity contribution is 5.94. The van der Waals surface area contributed by atoms with Crippen molar-refractivity contribution < 1.29 is 9.59 Å². The molecule has 1 unspecified atom stereocenters. The second-order valence-electron chi connectivity index (χ2n) is 6.62. The van der Waals surface area contributed by atoms with Gasteiger partial charge in [-0.2, -0.15) is 0 Å². The molecule has 0 saturated carbocycles. The molecule has 0 bridgehead atoms. The zero-order chi connectivity index (χ0) is 14.8. The fraction of sp³-hybridized carbons (Fsp3) is 0.529. The van der Waals surface area contributed by atoms with Crippen LogP contribution in [0.2, 0.25) is 0 Å². The number of likely N-dealkylation sites (tertiary alicyclic amines) is 1. The predicted octanol–water partition coefficient (Wildman–Crippen LogP) is 3.04. The molecule has 3 nitrogen and oxygen atoms in total. The fourth-order valence-electron chi connectivity index (χ4n) is 2.60. The monoisotopic (exact) mass is 273 g/mol. The maximum atomic E-state index is 12.4. The minimum Gasteiger partial charge on any atom is -0.338 e. The Kier molecular flexibility index (Phi) is 4.26. The van der Waals surface area contributed by atoms with Crippen LogP contribution in [0.4, 0.5) is 0 Å². The van der Waals surface area contributed by atoms with Gasteiger partial charge >= 0.3 is 0 Å². The number of hydrogen-bond acceptors (Lipinski definition) is 2. The lowest BCUT2D eigenvalue weighted by Gasteiger charge is -2.30. The summed E-state index contributed by atoms with van der Waals surface area (Å²) in [5, 5.41) is 0. The molecule has 20 heavy (non-hydrogen) atoms. The predicted molar refractivity (Wildman–Crippen MR) is 79.8 cm³/mol. The van der Waals surface area contributed by atoms with Crippen molar-refractivity contribution in [1.82, 2.24) is 4.90 Å². The van der Waals surface area contributed by atoms with Gasteiger partial charge in [0.25, 0.3) is 5.91 Å². The van der Waals surface area contributed by atoms with Gasteiger partial charge in [0.15, 0.2) is 0 Å². The third-order valence-electron chi connectivity index (χ3n) is 3.94. The quantitative estimate of drug-likeness (QED) is 0.777. The summed E-state index contributed by atoms with van der Waals surface area (Å²) in [5.41, 5.74) is 2.03. The van der Waals surface area contributed by atoms with Gasteiger partial charge in [-0.15, -0.1) is 0 Å². The fourth-order valence-corrected chi connectivity index (χ4v) is 2.60. The SMILES string of the molecule is CC(C)(C)c1ccc(C(=O)N2CCCC(C=O)C2)cc1. The number of aldehydes is 1. The minimum absolute atomic E-state index is 0.00143. The number of carbonyl (C=O) groups is 2. The normalized spacial score (nSPS) is 19.8. The summed E-state index contributed by atoms with van der Waals surface area (Å²) >= 11 is 0. The molecule has 1 heterocycles. The Hall–Kier alpha value is -1.64. The first-order valence-electron chi connectivity index (χ1n) is 7.27. The first-order valence-corrected chi connectivity index (χ1v) is 7.27. The molecule has 0 N–H and O–H groups in total. The van der Waals surface area contributed by atoms with Crippen LogP contribution in [0.1, 0.15) is 49.5 Å². The van der Waals surface area contributed by atoms with E-state index < -0.39 is 0 Å². The molecule has 3 heteroatoms. The van der Waals surface area contributed by atoms with Gasteiger partial charge in [-0.1, -0.05) is 32.9 Å². The van der Waals surface area contributed by atoms with E-state index in [1.165, 1.54) is 5.56 Å². The number of carbonyl (C=O) groups excluding carboxylic acids is 2. The van der Waals surface area contributed by atoms with E-state index in [1.807, 2.05) is 24.3 Å². The number of nitrogens with zero attached hydrogens (tertiary/aromatic N) is 1. The van der Waals surface area contributed by atoms with E-state index in [2.05, 4.69) is 20.8 Å². The zero-order valence-electron chi connectivity index (χ0n) is 12.6. The Labute approximate surface area is 121 Å². The van der Waals surface area contributed by atoms with E-state index in [-0.39, 0.29) is 17.2 Å². The van der Waals surface area contributed by atoms with Crippen LogP contribution in [0.15, 0.2) is 24.3 Å². The molecule has 2 rings (SSSR count). The Morgan fingerprint density at radius 2 is 1.90 bits per heavy atom. The maximum Gasteiger partial charge on any atom is 0.253 e. The molecule has 0 aliphatic carbocycles. The Morgan fingerprint density at radius 1 is 1.25 bits per heavy atom. The Bertz CT molecular complexity index is 485. The molecule has 1 aliphatic rings. The summed E-state index contributed by atoms with van der Waals surface area (Å²) in [6.45, 7) is 7.78. The summed E-state index contributed by atoms with van der Waals surface area (Å²) in [5.74, 6) is 0.0403. The second kappa shape index (κ2) is 5.78. The third-order valence-corrected chi connectivity index (χ3v) is 3.94. The van der Waals surface area contributed by atoms with Gasteiger partial charge in [-0.25, -0.2) is 0 Å². The van der Waals surface area contributed by atoms with Crippen molar-refractivity contribution in [3.8, 4) is 0 Å². The molecule has 1 atom stereocenters. The molecular formula is C17H23NO2. The average Bonchev–Trinajstić information content (AvgIpc) is 2.46. The lowest BCUT2D eigenvalue weighted by atomic mass is 9.86. The van der Waals surface area contributed by atoms with Crippen LogP contribution in [-0.2, 0) is 10.2 Å². The van der Waals surface area contributed by atoms with Crippen LogP contribution in [-0.4, -0.2) is 30.2 Å². The highest BCUT2D eigenvalue weighted by Crippen LogP contribution is 2.23. The van der Waals surface area contributed by atoms with Gasteiger partial charge in [0, 0.05) is 24.6 Å². The molecular weight excluding hydrogens is 250 g/mol. The van der Waals surface area contributed by atoms with Crippen LogP contribution in [0.5, 0.6) is 0 Å². The summed E-state index contributed by atoms with van der Waals surface area (Å²) < 4.78 is 0. The van der Waals surface area contributed by atoms with Gasteiger partial charge in [-0.05, 0) is 36.0 Å². The average molecular weight is 273 g/mol. The molecule has 1 aromatic rings. The van der Waals surface area contributed by atoms with Crippen LogP contribution in [0, 0.1) is 5.92 Å². The second-order valence-corrected chi connectivity index (χ2v) is 6.62. The first kappa shape index (κ1) is 14.8. The summed E-state index contributed by atoms with van der Waals surface area (Å²) in [7, 11) is 0. The number of piperidine rings is 1. The molecule has 108 valence electrons. The van der Waals surface area contributed by atoms with Crippen LogP contribution in [0.3, 0.4) is 0 Å². The van der Waals surface area contributed by atoms with Crippen molar-refractivity contribution in [3.63, 3.8) is 0 Å². The maximum absolute atomic E-state index is 12.4. The van der Waals surface area contributed by atoms with E-state index in [0.717, 1.165) is 25.7 Å². The topological polar surface area (TPSA) is 37.4 Å². The van der Waals surface area contributed by atoms with Gasteiger partial charge in [0.1, 0.15) is 6.29 Å². The molecule has 0 spiro atoms. The molecule has 1 aliphatic heterocycles. The Morgan fingerprint density at radius 3 is 2.45 bits per heavy atom. The van der Waals surface area contributed by atoms with Crippen molar-refractivity contribution in [2.75, 3.05) is 13.1 Å². The molecule has 1 fully saturated rings. The van der Waals surface area contributed by atoms with Crippen molar-refractivity contribution in [2.24, 2.45) is 5.92 Å². The summed E-state index contributed by atoms with van der Waals surface area (Å²) in [6.07, 6.45) is 2.79. The van der Waals surface area contributed by atoms with Gasteiger partial charge in [-0.3, -0.25) is 4.79 Å². The lowest BCUT2D eigenvalue weighted by Crippen LogP contribution is -2.40. The van der Waals surface area contributed by atoms with Gasteiger partial charge < -0.3 is 9.69 Å². The smallest absolute Gasteiger partial charge is 0.253 e. The third kappa shape index (κ3) is 3.27. The number of hydrogen-bond donors (Lipinski definition) is 0. The van der Waals surface area contributed by atoms with Gasteiger partial charge in [0.2, 0.25) is 0 Å². The molecule has 1 aromatic carbocycles. The largest absolute Gasteiger partial charge is 0.338 e. The molecule has 0 aromatic heterocycles. The van der Waals surface area contributed by atoms with Crippen LogP contribution >= 0.6 is 0 Å².